The van der Waals surface area contributed by atoms with Crippen molar-refractivity contribution >= 4 is 23.9 Å². The summed E-state index contributed by atoms with van der Waals surface area (Å²) < 4.78 is 5.22. The predicted octanol–water partition coefficient (Wildman–Crippen LogP) is 2.73. The van der Waals surface area contributed by atoms with Crippen LogP contribution in [0, 0.1) is 0 Å². The second-order valence-electron chi connectivity index (χ2n) is 4.25. The Morgan fingerprint density at radius 3 is 2.89 bits per heavy atom. The van der Waals surface area contributed by atoms with Crippen molar-refractivity contribution in [3.05, 3.63) is 59.4 Å². The van der Waals surface area contributed by atoms with Crippen molar-refractivity contribution in [1.29, 1.82) is 0 Å². The first-order chi connectivity index (χ1) is 9.31. The molecule has 0 saturated carbocycles. The molecule has 0 bridgehead atoms. The zero-order valence-corrected chi connectivity index (χ0v) is 10.3. The molecule has 0 spiro atoms. The van der Waals surface area contributed by atoms with Gasteiger partial charge in [-0.25, -0.2) is 0 Å². The lowest BCUT2D eigenvalue weighted by atomic mass is 10.1. The van der Waals surface area contributed by atoms with Gasteiger partial charge in [-0.1, -0.05) is 24.3 Å². The summed E-state index contributed by atoms with van der Waals surface area (Å²) in [5.41, 5.74) is 9.62. The Morgan fingerprint density at radius 2 is 2.05 bits per heavy atom. The number of pyridine rings is 1. The Kier molecular flexibility index (Phi) is 2.98. The maximum atomic E-state index is 5.53. The second-order valence-corrected chi connectivity index (χ2v) is 4.25. The SMILES string of the molecule is NC1=Nc2ccc(/C=C/c3cccnc3)cc2CO1. The smallest absolute Gasteiger partial charge is 0.287 e. The molecule has 0 atom stereocenters. The number of ether oxygens (including phenoxy) is 1. The third-order valence-corrected chi connectivity index (χ3v) is 2.86. The van der Waals surface area contributed by atoms with E-state index < -0.39 is 0 Å². The molecule has 2 heterocycles. The molecule has 1 aliphatic heterocycles. The van der Waals surface area contributed by atoms with E-state index in [1.165, 1.54) is 0 Å². The number of hydrogen-bond acceptors (Lipinski definition) is 4. The Balaban J connectivity index is 1.86. The summed E-state index contributed by atoms with van der Waals surface area (Å²) in [5, 5.41) is 0. The number of aromatic nitrogens is 1. The van der Waals surface area contributed by atoms with Crippen LogP contribution in [0.1, 0.15) is 16.7 Å². The van der Waals surface area contributed by atoms with E-state index in [4.69, 9.17) is 10.5 Å². The molecule has 0 unspecified atom stereocenters. The van der Waals surface area contributed by atoms with Crippen LogP contribution in [0.3, 0.4) is 0 Å². The van der Waals surface area contributed by atoms with E-state index in [0.717, 1.165) is 22.4 Å². The zero-order chi connectivity index (χ0) is 13.1. The van der Waals surface area contributed by atoms with Crippen LogP contribution in [-0.4, -0.2) is 11.0 Å². The van der Waals surface area contributed by atoms with Crippen LogP contribution in [-0.2, 0) is 11.3 Å². The van der Waals surface area contributed by atoms with Crippen LogP contribution >= 0.6 is 0 Å². The summed E-state index contributed by atoms with van der Waals surface area (Å²) in [6.07, 6.45) is 7.65. The number of fused-ring (bicyclic) bond motifs is 1. The van der Waals surface area contributed by atoms with E-state index >= 15 is 0 Å². The average molecular weight is 251 g/mol. The topological polar surface area (TPSA) is 60.5 Å². The fraction of sp³-hybridized carbons (Fsp3) is 0.0667. The zero-order valence-electron chi connectivity index (χ0n) is 10.3. The molecule has 0 amide bonds. The fourth-order valence-corrected chi connectivity index (χ4v) is 1.90. The van der Waals surface area contributed by atoms with E-state index in [-0.39, 0.29) is 6.02 Å². The number of nitrogens with zero attached hydrogens (tertiary/aromatic N) is 2. The second kappa shape index (κ2) is 4.94. The van der Waals surface area contributed by atoms with Gasteiger partial charge in [0.1, 0.15) is 6.61 Å². The normalized spacial score (nSPS) is 13.8. The van der Waals surface area contributed by atoms with Gasteiger partial charge in [0.2, 0.25) is 0 Å². The summed E-state index contributed by atoms with van der Waals surface area (Å²) in [7, 11) is 0. The standard InChI is InChI=1S/C15H13N3O/c16-15-18-14-6-5-11(8-13(14)10-19-15)3-4-12-2-1-7-17-9-12/h1-9H,10H2,(H2,16,18)/b4-3+. The highest BCUT2D eigenvalue weighted by Crippen LogP contribution is 2.25. The van der Waals surface area contributed by atoms with Crippen molar-refractivity contribution in [3.63, 3.8) is 0 Å². The van der Waals surface area contributed by atoms with Gasteiger partial charge in [-0.2, -0.15) is 4.99 Å². The molecule has 2 N–H and O–H groups in total. The largest absolute Gasteiger partial charge is 0.460 e. The average Bonchev–Trinajstić information content (AvgIpc) is 2.46. The fourth-order valence-electron chi connectivity index (χ4n) is 1.90. The molecule has 1 aromatic heterocycles. The summed E-state index contributed by atoms with van der Waals surface area (Å²) >= 11 is 0. The molecule has 4 heteroatoms. The number of aliphatic imine (C=N–C) groups is 1. The van der Waals surface area contributed by atoms with E-state index in [2.05, 4.69) is 16.0 Å². The highest BCUT2D eigenvalue weighted by atomic mass is 16.5. The molecule has 1 aliphatic rings. The van der Waals surface area contributed by atoms with Crippen molar-refractivity contribution in [2.24, 2.45) is 10.7 Å². The Hall–Kier alpha value is -2.62. The van der Waals surface area contributed by atoms with Crippen molar-refractivity contribution in [1.82, 2.24) is 4.98 Å². The van der Waals surface area contributed by atoms with E-state index in [1.54, 1.807) is 6.20 Å². The van der Waals surface area contributed by atoms with Gasteiger partial charge in [-0.15, -0.1) is 0 Å². The molecular formula is C15H13N3O. The summed E-state index contributed by atoms with van der Waals surface area (Å²) in [6.45, 7) is 0.471. The minimum atomic E-state index is 0.228. The highest BCUT2D eigenvalue weighted by molar-refractivity contribution is 5.78. The molecule has 3 rings (SSSR count). The predicted molar refractivity (Wildman–Crippen MR) is 75.7 cm³/mol. The van der Waals surface area contributed by atoms with Crippen molar-refractivity contribution in [3.8, 4) is 0 Å². The lowest BCUT2D eigenvalue weighted by Crippen LogP contribution is -2.18. The first-order valence-corrected chi connectivity index (χ1v) is 5.99. The molecule has 1 aromatic carbocycles. The Morgan fingerprint density at radius 1 is 1.16 bits per heavy atom. The van der Waals surface area contributed by atoms with Crippen LogP contribution < -0.4 is 5.73 Å². The minimum Gasteiger partial charge on any atom is -0.460 e. The quantitative estimate of drug-likeness (QED) is 0.892. The third-order valence-electron chi connectivity index (χ3n) is 2.86. The molecule has 94 valence electrons. The molecule has 0 fully saturated rings. The number of amidine groups is 1. The van der Waals surface area contributed by atoms with Crippen LogP contribution in [0.25, 0.3) is 12.2 Å². The Bertz CT molecular complexity index is 648. The molecule has 19 heavy (non-hydrogen) atoms. The monoisotopic (exact) mass is 251 g/mol. The van der Waals surface area contributed by atoms with E-state index in [9.17, 15) is 0 Å². The van der Waals surface area contributed by atoms with Crippen LogP contribution in [0.15, 0.2) is 47.7 Å². The van der Waals surface area contributed by atoms with Crippen LogP contribution in [0.5, 0.6) is 0 Å². The van der Waals surface area contributed by atoms with Crippen molar-refractivity contribution < 1.29 is 4.74 Å². The summed E-state index contributed by atoms with van der Waals surface area (Å²) in [6, 6.07) is 10.2. The Labute approximate surface area is 111 Å². The van der Waals surface area contributed by atoms with Crippen LogP contribution in [0.2, 0.25) is 0 Å². The summed E-state index contributed by atoms with van der Waals surface area (Å²) in [4.78, 5) is 8.22. The van der Waals surface area contributed by atoms with Gasteiger partial charge in [-0.3, -0.25) is 4.98 Å². The van der Waals surface area contributed by atoms with Gasteiger partial charge in [0.15, 0.2) is 0 Å². The lowest BCUT2D eigenvalue weighted by Gasteiger charge is -2.14. The van der Waals surface area contributed by atoms with Gasteiger partial charge < -0.3 is 10.5 Å². The minimum absolute atomic E-state index is 0.228. The molecular weight excluding hydrogens is 238 g/mol. The first kappa shape index (κ1) is 11.5. The highest BCUT2D eigenvalue weighted by Gasteiger charge is 2.10. The molecule has 0 radical (unpaired) electrons. The van der Waals surface area contributed by atoms with Crippen molar-refractivity contribution in [2.75, 3.05) is 0 Å². The summed E-state index contributed by atoms with van der Waals surface area (Å²) in [5.74, 6) is 0. The molecule has 0 aliphatic carbocycles. The molecule has 2 aromatic rings. The van der Waals surface area contributed by atoms with Gasteiger partial charge in [0.25, 0.3) is 6.02 Å². The van der Waals surface area contributed by atoms with Crippen LogP contribution in [0.4, 0.5) is 5.69 Å². The van der Waals surface area contributed by atoms with Gasteiger partial charge in [0, 0.05) is 18.0 Å². The van der Waals surface area contributed by atoms with Gasteiger partial charge in [-0.05, 0) is 29.3 Å². The number of rotatable bonds is 2. The maximum Gasteiger partial charge on any atom is 0.287 e. The number of hydrogen-bond donors (Lipinski definition) is 1. The van der Waals surface area contributed by atoms with Gasteiger partial charge in [0.05, 0.1) is 5.69 Å². The third kappa shape index (κ3) is 2.63. The number of nitrogens with two attached hydrogens (primary N) is 1. The molecule has 4 nitrogen and oxygen atoms in total. The first-order valence-electron chi connectivity index (χ1n) is 5.99. The van der Waals surface area contributed by atoms with Crippen molar-refractivity contribution in [2.45, 2.75) is 6.61 Å². The maximum absolute atomic E-state index is 5.53. The van der Waals surface area contributed by atoms with Gasteiger partial charge >= 0.3 is 0 Å². The van der Waals surface area contributed by atoms with E-state index in [1.807, 2.05) is 42.6 Å². The molecule has 0 saturated heterocycles. The number of benzene rings is 1. The van der Waals surface area contributed by atoms with E-state index in [0.29, 0.717) is 6.61 Å². The lowest BCUT2D eigenvalue weighted by molar-refractivity contribution is 0.282.